The maximum absolute atomic E-state index is 6.16. The van der Waals surface area contributed by atoms with Crippen LogP contribution in [-0.2, 0) is 0 Å². The van der Waals surface area contributed by atoms with E-state index in [1.165, 1.54) is 0 Å². The zero-order valence-corrected chi connectivity index (χ0v) is 12.2. The van der Waals surface area contributed by atoms with Crippen molar-refractivity contribution in [3.8, 4) is 18.1 Å². The lowest BCUT2D eigenvalue weighted by Gasteiger charge is -2.27. The van der Waals surface area contributed by atoms with Crippen LogP contribution in [0.2, 0.25) is 10.0 Å². The molecule has 19 heavy (non-hydrogen) atoms. The molecular formula is C15H17Cl2NO. The SMILES string of the molecule is C#CCCCCNC1CCOc2c(Cl)cc(Cl)cc21. The van der Waals surface area contributed by atoms with Gasteiger partial charge in [-0.3, -0.25) is 0 Å². The maximum Gasteiger partial charge on any atom is 0.142 e. The Bertz CT molecular complexity index is 482. The molecule has 1 unspecified atom stereocenters. The number of rotatable bonds is 5. The van der Waals surface area contributed by atoms with Gasteiger partial charge >= 0.3 is 0 Å². The normalized spacial score (nSPS) is 17.4. The predicted octanol–water partition coefficient (Wildman–Crippen LogP) is 4.21. The summed E-state index contributed by atoms with van der Waals surface area (Å²) < 4.78 is 5.63. The summed E-state index contributed by atoms with van der Waals surface area (Å²) >= 11 is 12.2. The molecule has 0 fully saturated rings. The Labute approximate surface area is 124 Å². The number of nitrogens with one attached hydrogen (secondary N) is 1. The fourth-order valence-electron chi connectivity index (χ4n) is 2.27. The number of hydrogen-bond acceptors (Lipinski definition) is 2. The molecular weight excluding hydrogens is 281 g/mol. The van der Waals surface area contributed by atoms with Gasteiger partial charge < -0.3 is 10.1 Å². The van der Waals surface area contributed by atoms with Crippen molar-refractivity contribution in [2.45, 2.75) is 31.7 Å². The number of hydrogen-bond donors (Lipinski definition) is 1. The summed E-state index contributed by atoms with van der Waals surface area (Å²) in [5, 5.41) is 4.76. The minimum Gasteiger partial charge on any atom is -0.492 e. The molecule has 1 heterocycles. The van der Waals surface area contributed by atoms with Crippen LogP contribution < -0.4 is 10.1 Å². The van der Waals surface area contributed by atoms with Crippen molar-refractivity contribution in [2.24, 2.45) is 0 Å². The van der Waals surface area contributed by atoms with E-state index in [9.17, 15) is 0 Å². The molecule has 1 atom stereocenters. The second-order valence-electron chi connectivity index (χ2n) is 4.61. The van der Waals surface area contributed by atoms with Gasteiger partial charge in [-0.05, 0) is 31.5 Å². The number of benzene rings is 1. The molecule has 0 saturated carbocycles. The lowest BCUT2D eigenvalue weighted by Crippen LogP contribution is -2.28. The number of ether oxygens (including phenoxy) is 1. The number of fused-ring (bicyclic) bond motifs is 1. The molecule has 2 nitrogen and oxygen atoms in total. The van der Waals surface area contributed by atoms with Crippen LogP contribution in [0.15, 0.2) is 12.1 Å². The standard InChI is InChI=1S/C15H17Cl2NO/c1-2-3-4-5-7-18-14-6-8-19-15-12(14)9-11(16)10-13(15)17/h1,9-10,14,18H,3-8H2. The molecule has 0 radical (unpaired) electrons. The summed E-state index contributed by atoms with van der Waals surface area (Å²) in [5.41, 5.74) is 1.06. The van der Waals surface area contributed by atoms with E-state index in [4.69, 9.17) is 34.4 Å². The topological polar surface area (TPSA) is 21.3 Å². The summed E-state index contributed by atoms with van der Waals surface area (Å²) in [7, 11) is 0. The van der Waals surface area contributed by atoms with E-state index in [-0.39, 0.29) is 6.04 Å². The fourth-order valence-corrected chi connectivity index (χ4v) is 2.83. The van der Waals surface area contributed by atoms with Crippen LogP contribution in [0.5, 0.6) is 5.75 Å². The van der Waals surface area contributed by atoms with Gasteiger partial charge in [-0.1, -0.05) is 23.2 Å². The van der Waals surface area contributed by atoms with Crippen molar-refractivity contribution in [1.29, 1.82) is 0 Å². The molecule has 1 N–H and O–H groups in total. The van der Waals surface area contributed by atoms with Gasteiger partial charge in [0.15, 0.2) is 0 Å². The van der Waals surface area contributed by atoms with Gasteiger partial charge in [0, 0.05) is 29.5 Å². The monoisotopic (exact) mass is 297 g/mol. The van der Waals surface area contributed by atoms with Crippen molar-refractivity contribution in [3.05, 3.63) is 27.7 Å². The van der Waals surface area contributed by atoms with Crippen molar-refractivity contribution < 1.29 is 4.74 Å². The van der Waals surface area contributed by atoms with Crippen molar-refractivity contribution in [1.82, 2.24) is 5.32 Å². The highest BCUT2D eigenvalue weighted by Crippen LogP contribution is 2.39. The molecule has 1 aromatic rings. The average molecular weight is 298 g/mol. The Hall–Kier alpha value is -0.880. The van der Waals surface area contributed by atoms with Crippen LogP contribution in [0.4, 0.5) is 0 Å². The Morgan fingerprint density at radius 1 is 1.37 bits per heavy atom. The predicted molar refractivity (Wildman–Crippen MR) is 80.0 cm³/mol. The molecule has 0 spiro atoms. The Morgan fingerprint density at radius 2 is 2.21 bits per heavy atom. The van der Waals surface area contributed by atoms with Crippen LogP contribution in [0.3, 0.4) is 0 Å². The lowest BCUT2D eigenvalue weighted by atomic mass is 10.0. The van der Waals surface area contributed by atoms with Gasteiger partial charge in [-0.25, -0.2) is 0 Å². The molecule has 2 rings (SSSR count). The Kier molecular flexibility index (Phi) is 5.39. The highest BCUT2D eigenvalue weighted by Gasteiger charge is 2.23. The van der Waals surface area contributed by atoms with E-state index in [0.29, 0.717) is 16.7 Å². The highest BCUT2D eigenvalue weighted by atomic mass is 35.5. The van der Waals surface area contributed by atoms with Crippen LogP contribution in [0.25, 0.3) is 0 Å². The van der Waals surface area contributed by atoms with Crippen molar-refractivity contribution >= 4 is 23.2 Å². The summed E-state index contributed by atoms with van der Waals surface area (Å²) in [6.45, 7) is 1.62. The Balaban J connectivity index is 2.00. The third-order valence-electron chi connectivity index (χ3n) is 3.20. The van der Waals surface area contributed by atoms with E-state index >= 15 is 0 Å². The van der Waals surface area contributed by atoms with E-state index in [1.807, 2.05) is 6.07 Å². The third-order valence-corrected chi connectivity index (χ3v) is 3.70. The molecule has 1 aromatic carbocycles. The molecule has 0 bridgehead atoms. The van der Waals surface area contributed by atoms with Gasteiger partial charge in [-0.15, -0.1) is 12.3 Å². The summed E-state index contributed by atoms with van der Waals surface area (Å²) in [4.78, 5) is 0. The number of unbranched alkanes of at least 4 members (excludes halogenated alkanes) is 2. The first-order valence-electron chi connectivity index (χ1n) is 6.51. The van der Waals surface area contributed by atoms with Crippen LogP contribution in [0, 0.1) is 12.3 Å². The first-order chi connectivity index (χ1) is 9.22. The van der Waals surface area contributed by atoms with Crippen LogP contribution >= 0.6 is 23.2 Å². The van der Waals surface area contributed by atoms with Gasteiger partial charge in [0.05, 0.1) is 11.6 Å². The van der Waals surface area contributed by atoms with Gasteiger partial charge in [0.25, 0.3) is 0 Å². The number of halogens is 2. The van der Waals surface area contributed by atoms with Gasteiger partial charge in [-0.2, -0.15) is 0 Å². The van der Waals surface area contributed by atoms with Crippen molar-refractivity contribution in [2.75, 3.05) is 13.2 Å². The molecule has 0 aliphatic carbocycles. The zero-order chi connectivity index (χ0) is 13.7. The summed E-state index contributed by atoms with van der Waals surface area (Å²) in [6.07, 6.45) is 9.13. The molecule has 0 saturated heterocycles. The minimum absolute atomic E-state index is 0.255. The maximum atomic E-state index is 6.16. The summed E-state index contributed by atoms with van der Waals surface area (Å²) in [5.74, 6) is 3.42. The van der Waals surface area contributed by atoms with E-state index in [0.717, 1.165) is 43.5 Å². The first kappa shape index (κ1) is 14.5. The lowest BCUT2D eigenvalue weighted by molar-refractivity contribution is 0.253. The van der Waals surface area contributed by atoms with Crippen molar-refractivity contribution in [3.63, 3.8) is 0 Å². The first-order valence-corrected chi connectivity index (χ1v) is 7.26. The smallest absolute Gasteiger partial charge is 0.142 e. The third kappa shape index (κ3) is 3.79. The molecule has 1 aliphatic heterocycles. The molecule has 4 heteroatoms. The fraction of sp³-hybridized carbons (Fsp3) is 0.467. The largest absolute Gasteiger partial charge is 0.492 e. The second-order valence-corrected chi connectivity index (χ2v) is 5.45. The Morgan fingerprint density at radius 3 is 3.00 bits per heavy atom. The van der Waals surface area contributed by atoms with Crippen LogP contribution in [0.1, 0.15) is 37.3 Å². The molecule has 0 amide bonds. The zero-order valence-electron chi connectivity index (χ0n) is 10.7. The van der Waals surface area contributed by atoms with E-state index in [2.05, 4.69) is 11.2 Å². The van der Waals surface area contributed by atoms with E-state index in [1.54, 1.807) is 6.07 Å². The highest BCUT2D eigenvalue weighted by molar-refractivity contribution is 6.35. The van der Waals surface area contributed by atoms with Crippen LogP contribution in [-0.4, -0.2) is 13.2 Å². The second kappa shape index (κ2) is 7.05. The molecule has 0 aromatic heterocycles. The van der Waals surface area contributed by atoms with E-state index < -0.39 is 0 Å². The number of terminal acetylenes is 1. The average Bonchev–Trinajstić information content (AvgIpc) is 2.39. The van der Waals surface area contributed by atoms with Gasteiger partial charge in [0.2, 0.25) is 0 Å². The molecule has 102 valence electrons. The quantitative estimate of drug-likeness (QED) is 0.649. The molecule has 1 aliphatic rings. The van der Waals surface area contributed by atoms with Gasteiger partial charge in [0.1, 0.15) is 5.75 Å². The summed E-state index contributed by atoms with van der Waals surface area (Å²) in [6, 6.07) is 3.91. The minimum atomic E-state index is 0.255.